The fraction of sp³-hybridized carbons (Fsp3) is 0.680. The van der Waals surface area contributed by atoms with Gasteiger partial charge in [-0.15, -0.1) is 0 Å². The number of carbonyl (C=O) groups excluding carboxylic acids is 2. The smallest absolute Gasteiger partial charge is 0.428 e. The molecular weight excluding hydrogens is 498 g/mol. The molecule has 0 atom stereocenters. The predicted molar refractivity (Wildman–Crippen MR) is 128 cm³/mol. The van der Waals surface area contributed by atoms with Crippen molar-refractivity contribution in [3.63, 3.8) is 0 Å². The van der Waals surface area contributed by atoms with Crippen molar-refractivity contribution in [3.05, 3.63) is 35.9 Å². The standard InChI is InChI=1S/C13H18F2O5S.C12H15OS/c14-13(15,21(17,18)19)11(16)20-7-12-4-8-1-9(5-12)3-10(2-8)6-12;13-12(10-14-8-4-5-9-14)11-6-2-1-3-7-11/h8-10H,1-7H2,(H,17,18,19);1-3,6-7H,4-5,8-10H2/q;+1/p-1. The maximum Gasteiger partial charge on any atom is 0.428 e. The van der Waals surface area contributed by atoms with E-state index in [1.165, 1.54) is 24.3 Å². The van der Waals surface area contributed by atoms with E-state index in [0.29, 0.717) is 34.4 Å². The molecule has 0 aromatic heterocycles. The fourth-order valence-corrected chi connectivity index (χ4v) is 9.14. The molecule has 0 N–H and O–H groups in total. The first kappa shape index (κ1) is 26.5. The third kappa shape index (κ3) is 6.25. The second-order valence-corrected chi connectivity index (χ2v) is 14.4. The normalized spacial score (nSPS) is 30.0. The summed E-state index contributed by atoms with van der Waals surface area (Å²) in [5, 5.41) is -5.00. The number of hydrogen-bond acceptors (Lipinski definition) is 6. The minimum atomic E-state index is -6.04. The van der Waals surface area contributed by atoms with Gasteiger partial charge in [0.25, 0.3) is 0 Å². The summed E-state index contributed by atoms with van der Waals surface area (Å²) in [4.78, 5) is 23.1. The van der Waals surface area contributed by atoms with Gasteiger partial charge in [-0.3, -0.25) is 4.79 Å². The van der Waals surface area contributed by atoms with Crippen LogP contribution in [0.3, 0.4) is 0 Å². The van der Waals surface area contributed by atoms with Crippen LogP contribution in [0.5, 0.6) is 0 Å². The number of carbonyl (C=O) groups is 2. The molecule has 35 heavy (non-hydrogen) atoms. The molecule has 4 aliphatic carbocycles. The first-order valence-electron chi connectivity index (χ1n) is 12.2. The lowest BCUT2D eigenvalue weighted by Gasteiger charge is -2.56. The Bertz CT molecular complexity index is 986. The number of Topliss-reactive ketones (excluding diaryl/α,β-unsaturated/α-hetero) is 1. The maximum absolute atomic E-state index is 13.1. The Hall–Kier alpha value is -1.52. The van der Waals surface area contributed by atoms with E-state index in [0.717, 1.165) is 49.8 Å². The molecule has 0 radical (unpaired) electrons. The second kappa shape index (κ2) is 10.5. The van der Waals surface area contributed by atoms with Crippen molar-refractivity contribution < 1.29 is 36.1 Å². The van der Waals surface area contributed by atoms with Gasteiger partial charge in [-0.1, -0.05) is 30.3 Å². The van der Waals surface area contributed by atoms with E-state index >= 15 is 0 Å². The molecule has 1 aromatic rings. The largest absolute Gasteiger partial charge is 0.743 e. The molecule has 1 aliphatic heterocycles. The number of esters is 1. The van der Waals surface area contributed by atoms with Crippen molar-refractivity contribution in [1.29, 1.82) is 0 Å². The number of ketones is 1. The van der Waals surface area contributed by atoms with E-state index in [1.807, 2.05) is 30.3 Å². The van der Waals surface area contributed by atoms with E-state index < -0.39 is 21.3 Å². The zero-order chi connectivity index (χ0) is 25.3. The van der Waals surface area contributed by atoms with Crippen molar-refractivity contribution in [2.45, 2.75) is 56.6 Å². The molecule has 0 unspecified atom stereocenters. The Morgan fingerprint density at radius 3 is 2.00 bits per heavy atom. The van der Waals surface area contributed by atoms with E-state index in [1.54, 1.807) is 0 Å². The van der Waals surface area contributed by atoms with Gasteiger partial charge in [-0.25, -0.2) is 13.2 Å². The predicted octanol–water partition coefficient (Wildman–Crippen LogP) is 4.17. The van der Waals surface area contributed by atoms with Gasteiger partial charge in [-0.2, -0.15) is 8.78 Å². The minimum Gasteiger partial charge on any atom is -0.743 e. The molecule has 1 heterocycles. The molecule has 6 nitrogen and oxygen atoms in total. The molecule has 10 heteroatoms. The number of rotatable bonds is 7. The molecule has 194 valence electrons. The lowest BCUT2D eigenvalue weighted by atomic mass is 9.50. The van der Waals surface area contributed by atoms with Gasteiger partial charge in [0.1, 0.15) is 11.5 Å². The van der Waals surface area contributed by atoms with E-state index in [2.05, 4.69) is 4.74 Å². The quantitative estimate of drug-likeness (QED) is 0.227. The van der Waals surface area contributed by atoms with E-state index in [-0.39, 0.29) is 12.0 Å². The fourth-order valence-electron chi connectivity index (χ4n) is 6.62. The van der Waals surface area contributed by atoms with E-state index in [4.69, 9.17) is 0 Å². The van der Waals surface area contributed by atoms with Crippen LogP contribution in [0.25, 0.3) is 0 Å². The molecule has 5 aliphatic rings. The zero-order valence-corrected chi connectivity index (χ0v) is 21.3. The summed E-state index contributed by atoms with van der Waals surface area (Å²) in [6, 6.07) is 9.66. The zero-order valence-electron chi connectivity index (χ0n) is 19.6. The molecular formula is C25H32F2O6S2. The van der Waals surface area contributed by atoms with Gasteiger partial charge in [0.05, 0.1) is 6.61 Å². The summed E-state index contributed by atoms with van der Waals surface area (Å²) in [6.07, 6.45) is 8.61. The van der Waals surface area contributed by atoms with Crippen molar-refractivity contribution in [3.8, 4) is 0 Å². The lowest BCUT2D eigenvalue weighted by Crippen LogP contribution is -2.49. The summed E-state index contributed by atoms with van der Waals surface area (Å²) in [6.45, 7) is -0.208. The van der Waals surface area contributed by atoms with Crippen LogP contribution in [0.15, 0.2) is 30.3 Å². The molecule has 5 fully saturated rings. The number of hydrogen-bond donors (Lipinski definition) is 0. The topological polar surface area (TPSA) is 101 Å². The average Bonchev–Trinajstić information content (AvgIpc) is 3.30. The number of alkyl halides is 2. The Kier molecular flexibility index (Phi) is 7.93. The number of halogens is 2. The average molecular weight is 531 g/mol. The molecule has 1 aromatic carbocycles. The Labute approximate surface area is 208 Å². The number of benzene rings is 1. The van der Waals surface area contributed by atoms with Crippen molar-refractivity contribution in [1.82, 2.24) is 0 Å². The van der Waals surface area contributed by atoms with Crippen LogP contribution in [0.1, 0.15) is 61.7 Å². The van der Waals surface area contributed by atoms with Crippen molar-refractivity contribution in [2.24, 2.45) is 23.2 Å². The van der Waals surface area contributed by atoms with Crippen molar-refractivity contribution in [2.75, 3.05) is 23.9 Å². The first-order valence-corrected chi connectivity index (χ1v) is 15.3. The Morgan fingerprint density at radius 1 is 1.00 bits per heavy atom. The summed E-state index contributed by atoms with van der Waals surface area (Å²) in [5.74, 6) is 3.08. The molecule has 6 rings (SSSR count). The van der Waals surface area contributed by atoms with Gasteiger partial charge < -0.3 is 9.29 Å². The molecule has 0 amide bonds. The highest BCUT2D eigenvalue weighted by atomic mass is 32.2. The summed E-state index contributed by atoms with van der Waals surface area (Å²) < 4.78 is 62.0. The Balaban J connectivity index is 0.000000179. The van der Waals surface area contributed by atoms with Crippen LogP contribution >= 0.6 is 0 Å². The van der Waals surface area contributed by atoms with Gasteiger partial charge in [-0.05, 0) is 80.0 Å². The number of ether oxygens (including phenoxy) is 1. The van der Waals surface area contributed by atoms with Crippen molar-refractivity contribution >= 4 is 32.8 Å². The molecule has 1 saturated heterocycles. The molecule has 0 spiro atoms. The second-order valence-electron chi connectivity index (χ2n) is 10.6. The van der Waals surface area contributed by atoms with Crippen LogP contribution in [-0.4, -0.2) is 53.8 Å². The van der Waals surface area contributed by atoms with E-state index in [9.17, 15) is 31.3 Å². The summed E-state index contributed by atoms with van der Waals surface area (Å²) in [5.41, 5.74) is 0.583. The van der Waals surface area contributed by atoms with Crippen LogP contribution in [-0.2, 0) is 30.5 Å². The summed E-state index contributed by atoms with van der Waals surface area (Å²) in [7, 11) is -5.65. The minimum absolute atomic E-state index is 0.208. The highest BCUT2D eigenvalue weighted by molar-refractivity contribution is 7.97. The Morgan fingerprint density at radius 2 is 1.51 bits per heavy atom. The summed E-state index contributed by atoms with van der Waals surface area (Å²) >= 11 is 0. The van der Waals surface area contributed by atoms with Crippen LogP contribution in [0, 0.1) is 23.2 Å². The highest BCUT2D eigenvalue weighted by Crippen LogP contribution is 2.60. The van der Waals surface area contributed by atoms with Crippen LogP contribution < -0.4 is 0 Å². The third-order valence-corrected chi connectivity index (χ3v) is 11.0. The van der Waals surface area contributed by atoms with Gasteiger partial charge in [0.2, 0.25) is 5.78 Å². The van der Waals surface area contributed by atoms with Crippen LogP contribution in [0.4, 0.5) is 8.78 Å². The maximum atomic E-state index is 13.1. The van der Waals surface area contributed by atoms with Gasteiger partial charge in [0.15, 0.2) is 15.9 Å². The van der Waals surface area contributed by atoms with Crippen LogP contribution in [0.2, 0.25) is 0 Å². The lowest BCUT2D eigenvalue weighted by molar-refractivity contribution is -0.172. The van der Waals surface area contributed by atoms with Gasteiger partial charge >= 0.3 is 11.2 Å². The molecule has 4 bridgehead atoms. The molecule has 4 saturated carbocycles. The highest BCUT2D eigenvalue weighted by Gasteiger charge is 2.53. The third-order valence-electron chi connectivity index (χ3n) is 7.77. The monoisotopic (exact) mass is 530 g/mol. The SMILES string of the molecule is O=C(C[S+]1CCCC1)c1ccccc1.O=C(OCC12CC3CC(CC(C3)C1)C2)C(F)(F)S(=O)(=O)[O-]. The van der Waals surface area contributed by atoms with Gasteiger partial charge in [0, 0.05) is 11.0 Å². The first-order chi connectivity index (χ1) is 16.5.